The molecule has 5 nitrogen and oxygen atoms in total. The molecule has 0 amide bonds. The molecular weight excluding hydrogens is 250 g/mol. The maximum Gasteiger partial charge on any atom is 0.224 e. The maximum atomic E-state index is 4.53. The monoisotopic (exact) mass is 277 g/mol. The van der Waals surface area contributed by atoms with E-state index in [0.29, 0.717) is 6.04 Å². The van der Waals surface area contributed by atoms with Gasteiger partial charge in [-0.05, 0) is 46.2 Å². The van der Waals surface area contributed by atoms with Gasteiger partial charge in [-0.3, -0.25) is 0 Å². The Morgan fingerprint density at radius 3 is 2.75 bits per heavy atom. The average Bonchev–Trinajstić information content (AvgIpc) is 2.88. The summed E-state index contributed by atoms with van der Waals surface area (Å²) in [7, 11) is 0. The number of nitrogens with one attached hydrogen (secondary N) is 2. The SMILES string of the molecule is CCCNc1nc(C)cc(NC(C)CN2CCCC2)n1. The van der Waals surface area contributed by atoms with Crippen molar-refractivity contribution in [3.8, 4) is 0 Å². The van der Waals surface area contributed by atoms with Gasteiger partial charge in [-0.15, -0.1) is 0 Å². The van der Waals surface area contributed by atoms with Crippen LogP contribution in [-0.4, -0.2) is 47.1 Å². The molecule has 2 N–H and O–H groups in total. The summed E-state index contributed by atoms with van der Waals surface area (Å²) >= 11 is 0. The Hall–Kier alpha value is -1.36. The second kappa shape index (κ2) is 7.43. The Labute approximate surface area is 122 Å². The van der Waals surface area contributed by atoms with Crippen LogP contribution in [0.5, 0.6) is 0 Å². The van der Waals surface area contributed by atoms with E-state index < -0.39 is 0 Å². The summed E-state index contributed by atoms with van der Waals surface area (Å²) in [6.07, 6.45) is 3.75. The van der Waals surface area contributed by atoms with Crippen LogP contribution < -0.4 is 10.6 Å². The van der Waals surface area contributed by atoms with Crippen LogP contribution in [0.1, 0.15) is 38.8 Å². The van der Waals surface area contributed by atoms with Gasteiger partial charge in [0.2, 0.25) is 5.95 Å². The fourth-order valence-electron chi connectivity index (χ4n) is 2.61. The molecule has 2 rings (SSSR count). The highest BCUT2D eigenvalue weighted by molar-refractivity contribution is 5.42. The molecular formula is C15H27N5. The van der Waals surface area contributed by atoms with Crippen molar-refractivity contribution in [1.82, 2.24) is 14.9 Å². The van der Waals surface area contributed by atoms with Gasteiger partial charge in [-0.25, -0.2) is 4.98 Å². The first-order valence-electron chi connectivity index (χ1n) is 7.76. The average molecular weight is 277 g/mol. The highest BCUT2D eigenvalue weighted by atomic mass is 15.2. The van der Waals surface area contributed by atoms with E-state index in [9.17, 15) is 0 Å². The standard InChI is InChI=1S/C15H27N5/c1-4-7-16-15-18-12(2)10-14(19-15)17-13(3)11-20-8-5-6-9-20/h10,13H,4-9,11H2,1-3H3,(H2,16,17,18,19). The lowest BCUT2D eigenvalue weighted by atomic mass is 10.3. The van der Waals surface area contributed by atoms with Gasteiger partial charge in [0.1, 0.15) is 5.82 Å². The molecule has 20 heavy (non-hydrogen) atoms. The van der Waals surface area contributed by atoms with Crippen LogP contribution in [0.4, 0.5) is 11.8 Å². The van der Waals surface area contributed by atoms with E-state index in [1.807, 2.05) is 13.0 Å². The summed E-state index contributed by atoms with van der Waals surface area (Å²) in [6, 6.07) is 2.42. The molecule has 1 aliphatic heterocycles. The Morgan fingerprint density at radius 1 is 1.30 bits per heavy atom. The van der Waals surface area contributed by atoms with Crippen LogP contribution >= 0.6 is 0 Å². The first-order chi connectivity index (χ1) is 9.67. The number of nitrogens with zero attached hydrogens (tertiary/aromatic N) is 3. The number of aryl methyl sites for hydroxylation is 1. The van der Waals surface area contributed by atoms with E-state index >= 15 is 0 Å². The van der Waals surface area contributed by atoms with Gasteiger partial charge in [0.15, 0.2) is 0 Å². The fourth-order valence-corrected chi connectivity index (χ4v) is 2.61. The lowest BCUT2D eigenvalue weighted by molar-refractivity contribution is 0.327. The molecule has 1 saturated heterocycles. The van der Waals surface area contributed by atoms with Crippen molar-refractivity contribution in [3.05, 3.63) is 11.8 Å². The molecule has 0 radical (unpaired) electrons. The van der Waals surface area contributed by atoms with E-state index in [0.717, 1.165) is 37.0 Å². The zero-order valence-electron chi connectivity index (χ0n) is 12.9. The fraction of sp³-hybridized carbons (Fsp3) is 0.733. The number of hydrogen-bond acceptors (Lipinski definition) is 5. The molecule has 1 fully saturated rings. The summed E-state index contributed by atoms with van der Waals surface area (Å²) in [6.45, 7) is 10.8. The number of likely N-dealkylation sites (tertiary alicyclic amines) is 1. The number of hydrogen-bond donors (Lipinski definition) is 2. The molecule has 0 bridgehead atoms. The van der Waals surface area contributed by atoms with Crippen LogP contribution in [0.25, 0.3) is 0 Å². The van der Waals surface area contributed by atoms with E-state index in [2.05, 4.69) is 39.3 Å². The third-order valence-electron chi connectivity index (χ3n) is 3.51. The van der Waals surface area contributed by atoms with Crippen LogP contribution in [0.3, 0.4) is 0 Å². The summed E-state index contributed by atoms with van der Waals surface area (Å²) in [5, 5.41) is 6.74. The van der Waals surface area contributed by atoms with Gasteiger partial charge in [0, 0.05) is 30.9 Å². The molecule has 1 atom stereocenters. The van der Waals surface area contributed by atoms with Crippen LogP contribution in [0.15, 0.2) is 6.07 Å². The minimum atomic E-state index is 0.404. The molecule has 0 spiro atoms. The first kappa shape index (κ1) is 15.0. The van der Waals surface area contributed by atoms with Gasteiger partial charge in [-0.2, -0.15) is 4.98 Å². The lowest BCUT2D eigenvalue weighted by Gasteiger charge is -2.22. The largest absolute Gasteiger partial charge is 0.366 e. The van der Waals surface area contributed by atoms with Gasteiger partial charge >= 0.3 is 0 Å². The molecule has 1 aromatic heterocycles. The Balaban J connectivity index is 1.91. The normalized spacial score (nSPS) is 17.1. The summed E-state index contributed by atoms with van der Waals surface area (Å²) in [5.41, 5.74) is 0.995. The van der Waals surface area contributed by atoms with Crippen molar-refractivity contribution >= 4 is 11.8 Å². The molecule has 1 unspecified atom stereocenters. The predicted octanol–water partition coefficient (Wildman–Crippen LogP) is 2.50. The topological polar surface area (TPSA) is 53.1 Å². The second-order valence-corrected chi connectivity index (χ2v) is 5.70. The van der Waals surface area contributed by atoms with Crippen molar-refractivity contribution < 1.29 is 0 Å². The van der Waals surface area contributed by atoms with Gasteiger partial charge in [-0.1, -0.05) is 6.92 Å². The predicted molar refractivity (Wildman–Crippen MR) is 84.3 cm³/mol. The number of anilines is 2. The molecule has 0 aromatic carbocycles. The third kappa shape index (κ3) is 4.63. The Kier molecular flexibility index (Phi) is 5.59. The van der Waals surface area contributed by atoms with E-state index in [1.54, 1.807) is 0 Å². The highest BCUT2D eigenvalue weighted by Crippen LogP contribution is 2.13. The smallest absolute Gasteiger partial charge is 0.224 e. The van der Waals surface area contributed by atoms with E-state index in [4.69, 9.17) is 0 Å². The number of aromatic nitrogens is 2. The minimum absolute atomic E-state index is 0.404. The van der Waals surface area contributed by atoms with Crippen LogP contribution in [0.2, 0.25) is 0 Å². The molecule has 2 heterocycles. The minimum Gasteiger partial charge on any atom is -0.366 e. The van der Waals surface area contributed by atoms with Crippen LogP contribution in [-0.2, 0) is 0 Å². The van der Waals surface area contributed by atoms with Crippen molar-refractivity contribution in [3.63, 3.8) is 0 Å². The Morgan fingerprint density at radius 2 is 2.05 bits per heavy atom. The molecule has 0 saturated carbocycles. The molecule has 5 heteroatoms. The van der Waals surface area contributed by atoms with Crippen molar-refractivity contribution in [2.75, 3.05) is 36.8 Å². The molecule has 1 aromatic rings. The summed E-state index contributed by atoms with van der Waals surface area (Å²) in [4.78, 5) is 11.5. The first-order valence-corrected chi connectivity index (χ1v) is 7.76. The van der Waals surface area contributed by atoms with Gasteiger partial charge in [0.25, 0.3) is 0 Å². The number of rotatable bonds is 7. The van der Waals surface area contributed by atoms with Crippen molar-refractivity contribution in [2.45, 2.75) is 46.1 Å². The van der Waals surface area contributed by atoms with Crippen molar-refractivity contribution in [2.24, 2.45) is 0 Å². The van der Waals surface area contributed by atoms with E-state index in [-0.39, 0.29) is 0 Å². The second-order valence-electron chi connectivity index (χ2n) is 5.70. The lowest BCUT2D eigenvalue weighted by Crippen LogP contribution is -2.33. The third-order valence-corrected chi connectivity index (χ3v) is 3.51. The maximum absolute atomic E-state index is 4.53. The van der Waals surface area contributed by atoms with Gasteiger partial charge in [0.05, 0.1) is 0 Å². The quantitative estimate of drug-likeness (QED) is 0.802. The summed E-state index contributed by atoms with van der Waals surface area (Å²) in [5.74, 6) is 1.64. The molecule has 0 aliphatic carbocycles. The Bertz CT molecular complexity index is 415. The van der Waals surface area contributed by atoms with Gasteiger partial charge < -0.3 is 15.5 Å². The molecule has 112 valence electrons. The van der Waals surface area contributed by atoms with Crippen molar-refractivity contribution in [1.29, 1.82) is 0 Å². The highest BCUT2D eigenvalue weighted by Gasteiger charge is 2.15. The van der Waals surface area contributed by atoms with E-state index in [1.165, 1.54) is 25.9 Å². The summed E-state index contributed by atoms with van der Waals surface area (Å²) < 4.78 is 0. The zero-order valence-corrected chi connectivity index (χ0v) is 12.9. The molecule has 1 aliphatic rings. The zero-order chi connectivity index (χ0) is 14.4. The van der Waals surface area contributed by atoms with Crippen LogP contribution in [0, 0.1) is 6.92 Å².